The molecular weight excluding hydrogens is 238 g/mol. The first-order chi connectivity index (χ1) is 8.65. The summed E-state index contributed by atoms with van der Waals surface area (Å²) >= 11 is 0. The monoisotopic (exact) mass is 243 g/mol. The Balaban J connectivity index is 2.29. The molecule has 18 heavy (non-hydrogen) atoms. The molecular formula is C10H5N5O3. The maximum atomic E-state index is 10.4. The van der Waals surface area contributed by atoms with Crippen LogP contribution >= 0.6 is 0 Å². The smallest absolute Gasteiger partial charge is 0.404 e. The number of hydrogen-bond donors (Lipinski definition) is 0. The Labute approximate surface area is 100 Å². The lowest BCUT2D eigenvalue weighted by Gasteiger charge is -1.99. The molecule has 0 fully saturated rings. The average Bonchev–Trinajstić information content (AvgIpc) is 2.95. The van der Waals surface area contributed by atoms with Crippen LogP contribution in [0.2, 0.25) is 0 Å². The van der Waals surface area contributed by atoms with Crippen LogP contribution in [0, 0.1) is 32.8 Å². The first kappa shape index (κ1) is 11.4. The third-order valence-corrected chi connectivity index (χ3v) is 2.20. The number of nitriles is 2. The minimum Gasteiger partial charge on any atom is -0.404 e. The molecule has 0 aliphatic carbocycles. The number of nitrogens with zero attached hydrogens (tertiary/aromatic N) is 5. The molecule has 0 aromatic carbocycles. The van der Waals surface area contributed by atoms with Crippen molar-refractivity contribution in [1.82, 2.24) is 9.55 Å². The van der Waals surface area contributed by atoms with Crippen molar-refractivity contribution < 1.29 is 9.34 Å². The van der Waals surface area contributed by atoms with Crippen molar-refractivity contribution >= 4 is 5.88 Å². The summed E-state index contributed by atoms with van der Waals surface area (Å²) in [5.74, 6) is -0.0655. The Hall–Kier alpha value is -3.13. The van der Waals surface area contributed by atoms with Crippen LogP contribution in [-0.2, 0) is 6.54 Å². The van der Waals surface area contributed by atoms with Crippen molar-refractivity contribution in [3.8, 4) is 12.1 Å². The zero-order valence-electron chi connectivity index (χ0n) is 8.90. The molecule has 0 bridgehead atoms. The second kappa shape index (κ2) is 4.39. The van der Waals surface area contributed by atoms with Crippen molar-refractivity contribution in [2.75, 3.05) is 0 Å². The quantitative estimate of drug-likeness (QED) is 0.589. The SMILES string of the molecule is N#Cc1ncn(Cc2ccc([N+](=O)[O-])o2)c1C#N. The summed E-state index contributed by atoms with van der Waals surface area (Å²) in [6, 6.07) is 6.29. The molecule has 2 heterocycles. The Morgan fingerprint density at radius 1 is 1.44 bits per heavy atom. The third kappa shape index (κ3) is 1.90. The van der Waals surface area contributed by atoms with Gasteiger partial charge in [-0.3, -0.25) is 10.1 Å². The highest BCUT2D eigenvalue weighted by Gasteiger charge is 2.15. The highest BCUT2D eigenvalue weighted by molar-refractivity contribution is 5.36. The summed E-state index contributed by atoms with van der Waals surface area (Å²) in [5.41, 5.74) is 0.107. The fraction of sp³-hybridized carbons (Fsp3) is 0.100. The zero-order chi connectivity index (χ0) is 13.1. The molecule has 0 unspecified atom stereocenters. The summed E-state index contributed by atoms with van der Waals surface area (Å²) in [4.78, 5) is 13.5. The molecule has 0 aliphatic rings. The van der Waals surface area contributed by atoms with Crippen LogP contribution in [0.3, 0.4) is 0 Å². The molecule has 2 aromatic rings. The second-order valence-corrected chi connectivity index (χ2v) is 3.29. The molecule has 0 radical (unpaired) electrons. The van der Waals surface area contributed by atoms with E-state index in [2.05, 4.69) is 4.98 Å². The first-order valence-electron chi connectivity index (χ1n) is 4.74. The van der Waals surface area contributed by atoms with Gasteiger partial charge in [-0.25, -0.2) is 4.98 Å². The normalized spacial score (nSPS) is 9.67. The lowest BCUT2D eigenvalue weighted by molar-refractivity contribution is -0.402. The molecule has 0 saturated heterocycles. The lowest BCUT2D eigenvalue weighted by atomic mass is 10.3. The maximum Gasteiger partial charge on any atom is 0.433 e. The largest absolute Gasteiger partial charge is 0.433 e. The molecule has 0 aliphatic heterocycles. The Bertz CT molecular complexity index is 685. The lowest BCUT2D eigenvalue weighted by Crippen LogP contribution is -2.00. The van der Waals surface area contributed by atoms with Crippen molar-refractivity contribution in [3.05, 3.63) is 45.7 Å². The molecule has 0 saturated carbocycles. The summed E-state index contributed by atoms with van der Waals surface area (Å²) in [6.45, 7) is 0.103. The van der Waals surface area contributed by atoms with E-state index in [1.807, 2.05) is 6.07 Å². The fourth-order valence-corrected chi connectivity index (χ4v) is 1.42. The molecule has 0 N–H and O–H groups in total. The van der Waals surface area contributed by atoms with Gasteiger partial charge < -0.3 is 8.98 Å². The molecule has 8 heteroatoms. The molecule has 8 nitrogen and oxygen atoms in total. The van der Waals surface area contributed by atoms with E-state index in [1.54, 1.807) is 6.07 Å². The van der Waals surface area contributed by atoms with E-state index in [1.165, 1.54) is 23.0 Å². The van der Waals surface area contributed by atoms with Gasteiger partial charge in [0.25, 0.3) is 0 Å². The summed E-state index contributed by atoms with van der Waals surface area (Å²) < 4.78 is 6.34. The van der Waals surface area contributed by atoms with Gasteiger partial charge in [0, 0.05) is 0 Å². The predicted octanol–water partition coefficient (Wildman–Crippen LogP) is 1.18. The summed E-state index contributed by atoms with van der Waals surface area (Å²) in [5, 5.41) is 28.0. The standard InChI is InChI=1S/C10H5N5O3/c11-3-8-9(4-12)14(6-13-8)5-7-1-2-10(18-7)15(16)17/h1-2,6H,5H2. The highest BCUT2D eigenvalue weighted by atomic mass is 16.6. The number of imidazole rings is 1. The molecule has 88 valence electrons. The first-order valence-corrected chi connectivity index (χ1v) is 4.74. The Morgan fingerprint density at radius 2 is 2.22 bits per heavy atom. The van der Waals surface area contributed by atoms with E-state index in [-0.39, 0.29) is 23.8 Å². The third-order valence-electron chi connectivity index (χ3n) is 2.20. The van der Waals surface area contributed by atoms with E-state index in [0.29, 0.717) is 5.76 Å². The Kier molecular flexibility index (Phi) is 2.77. The van der Waals surface area contributed by atoms with Crippen LogP contribution < -0.4 is 0 Å². The Morgan fingerprint density at radius 3 is 2.78 bits per heavy atom. The minimum absolute atomic E-state index is 0.0126. The van der Waals surface area contributed by atoms with Gasteiger partial charge in [0.1, 0.15) is 22.8 Å². The van der Waals surface area contributed by atoms with Crippen molar-refractivity contribution in [1.29, 1.82) is 10.5 Å². The molecule has 2 aromatic heterocycles. The summed E-state index contributed by atoms with van der Waals surface area (Å²) in [6.07, 6.45) is 1.31. The number of nitro groups is 1. The van der Waals surface area contributed by atoms with Gasteiger partial charge >= 0.3 is 5.88 Å². The molecule has 0 atom stereocenters. The second-order valence-electron chi connectivity index (χ2n) is 3.29. The van der Waals surface area contributed by atoms with Gasteiger partial charge in [-0.2, -0.15) is 10.5 Å². The van der Waals surface area contributed by atoms with Crippen LogP contribution in [0.1, 0.15) is 17.1 Å². The number of aromatic nitrogens is 2. The minimum atomic E-state index is -0.649. The molecule has 0 spiro atoms. The van der Waals surface area contributed by atoms with Crippen molar-refractivity contribution in [3.63, 3.8) is 0 Å². The van der Waals surface area contributed by atoms with E-state index in [4.69, 9.17) is 14.9 Å². The average molecular weight is 243 g/mol. The van der Waals surface area contributed by atoms with Crippen LogP contribution in [-0.4, -0.2) is 14.5 Å². The zero-order valence-corrected chi connectivity index (χ0v) is 8.90. The van der Waals surface area contributed by atoms with Gasteiger partial charge in [0.05, 0.1) is 18.9 Å². The summed E-state index contributed by atoms with van der Waals surface area (Å²) in [7, 11) is 0. The van der Waals surface area contributed by atoms with Crippen LogP contribution in [0.5, 0.6) is 0 Å². The van der Waals surface area contributed by atoms with Crippen molar-refractivity contribution in [2.24, 2.45) is 0 Å². The van der Waals surface area contributed by atoms with Crippen LogP contribution in [0.4, 0.5) is 5.88 Å². The van der Waals surface area contributed by atoms with E-state index < -0.39 is 4.92 Å². The molecule has 0 amide bonds. The predicted molar refractivity (Wildman–Crippen MR) is 56.1 cm³/mol. The number of rotatable bonds is 3. The fourth-order valence-electron chi connectivity index (χ4n) is 1.42. The highest BCUT2D eigenvalue weighted by Crippen LogP contribution is 2.17. The van der Waals surface area contributed by atoms with Gasteiger partial charge in [-0.15, -0.1) is 0 Å². The van der Waals surface area contributed by atoms with Crippen LogP contribution in [0.25, 0.3) is 0 Å². The van der Waals surface area contributed by atoms with Gasteiger partial charge in [-0.05, 0) is 6.07 Å². The van der Waals surface area contributed by atoms with Gasteiger partial charge in [0.15, 0.2) is 11.4 Å². The number of hydrogen-bond acceptors (Lipinski definition) is 6. The van der Waals surface area contributed by atoms with E-state index in [0.717, 1.165) is 0 Å². The molecule has 2 rings (SSSR count). The van der Waals surface area contributed by atoms with E-state index in [9.17, 15) is 10.1 Å². The number of furan rings is 1. The van der Waals surface area contributed by atoms with Gasteiger partial charge in [0.2, 0.25) is 0 Å². The van der Waals surface area contributed by atoms with Crippen LogP contribution in [0.15, 0.2) is 22.9 Å². The maximum absolute atomic E-state index is 10.4. The topological polar surface area (TPSA) is 122 Å². The van der Waals surface area contributed by atoms with Gasteiger partial charge in [-0.1, -0.05) is 0 Å². The van der Waals surface area contributed by atoms with E-state index >= 15 is 0 Å². The van der Waals surface area contributed by atoms with Crippen molar-refractivity contribution in [2.45, 2.75) is 6.54 Å².